The lowest BCUT2D eigenvalue weighted by Gasteiger charge is -2.16. The predicted octanol–water partition coefficient (Wildman–Crippen LogP) is 5.21. The van der Waals surface area contributed by atoms with Crippen molar-refractivity contribution < 1.29 is 9.66 Å². The van der Waals surface area contributed by atoms with E-state index < -0.39 is 5.25 Å². The van der Waals surface area contributed by atoms with Gasteiger partial charge in [-0.15, -0.1) is 10.2 Å². The van der Waals surface area contributed by atoms with Crippen LogP contribution in [0.3, 0.4) is 0 Å². The summed E-state index contributed by atoms with van der Waals surface area (Å²) in [5.41, 5.74) is 2.72. The molecule has 0 amide bonds. The summed E-state index contributed by atoms with van der Waals surface area (Å²) in [4.78, 5) is 11.0. The van der Waals surface area contributed by atoms with Crippen molar-refractivity contribution in [2.75, 3.05) is 13.2 Å². The molecule has 0 bridgehead atoms. The van der Waals surface area contributed by atoms with Crippen LogP contribution in [-0.2, 0) is 0 Å². The van der Waals surface area contributed by atoms with Crippen LogP contribution in [-0.4, -0.2) is 32.8 Å². The molecule has 1 atom stereocenters. The molecule has 0 radical (unpaired) electrons. The molecule has 0 fully saturated rings. The number of halogens is 1. The lowest BCUT2D eigenvalue weighted by Crippen LogP contribution is -2.11. The molecule has 0 spiro atoms. The summed E-state index contributed by atoms with van der Waals surface area (Å²) >= 11 is 7.61. The van der Waals surface area contributed by atoms with Crippen molar-refractivity contribution in [3.05, 3.63) is 87.2 Å². The molecule has 9 heteroatoms. The Morgan fingerprint density at radius 3 is 2.77 bits per heavy atom. The van der Waals surface area contributed by atoms with E-state index in [1.165, 1.54) is 11.8 Å². The van der Waals surface area contributed by atoms with E-state index in [4.69, 9.17) is 16.3 Å². The van der Waals surface area contributed by atoms with Gasteiger partial charge >= 0.3 is 0 Å². The number of ether oxygens (including phenoxy) is 1. The van der Waals surface area contributed by atoms with Crippen molar-refractivity contribution in [3.8, 4) is 11.4 Å². The smallest absolute Gasteiger partial charge is 0.220 e. The first-order valence-electron chi connectivity index (χ1n) is 9.19. The van der Waals surface area contributed by atoms with Crippen molar-refractivity contribution in [1.82, 2.24) is 14.8 Å². The fourth-order valence-electron chi connectivity index (χ4n) is 2.94. The van der Waals surface area contributed by atoms with Crippen LogP contribution >= 0.6 is 23.4 Å². The molecule has 1 heterocycles. The molecule has 30 heavy (non-hydrogen) atoms. The molecule has 0 saturated carbocycles. The fourth-order valence-corrected chi connectivity index (χ4v) is 4.35. The Bertz CT molecular complexity index is 1070. The van der Waals surface area contributed by atoms with Crippen LogP contribution in [0.2, 0.25) is 5.02 Å². The minimum absolute atomic E-state index is 0.284. The first kappa shape index (κ1) is 21.9. The number of benzene rings is 2. The zero-order valence-electron chi connectivity index (χ0n) is 16.6. The Morgan fingerprint density at radius 2 is 2.10 bits per heavy atom. The molecular weight excluding hydrogens is 424 g/mol. The van der Waals surface area contributed by atoms with E-state index in [9.17, 15) is 10.1 Å². The Kier molecular flexibility index (Phi) is 7.12. The van der Waals surface area contributed by atoms with Gasteiger partial charge in [0.05, 0.1) is 5.02 Å². The van der Waals surface area contributed by atoms with Gasteiger partial charge in [0, 0.05) is 10.6 Å². The van der Waals surface area contributed by atoms with Crippen molar-refractivity contribution in [2.24, 2.45) is 0 Å². The molecule has 1 aromatic heterocycles. The summed E-state index contributed by atoms with van der Waals surface area (Å²) in [7, 11) is 0. The highest BCUT2D eigenvalue weighted by atomic mass is 35.5. The van der Waals surface area contributed by atoms with Crippen molar-refractivity contribution in [1.29, 1.82) is 0 Å². The molecule has 2 aromatic carbocycles. The molecule has 3 rings (SSSR count). The van der Waals surface area contributed by atoms with Crippen LogP contribution in [0.25, 0.3) is 5.69 Å². The van der Waals surface area contributed by atoms with Crippen LogP contribution in [0.15, 0.2) is 60.3 Å². The van der Waals surface area contributed by atoms with Crippen LogP contribution in [0.5, 0.6) is 5.75 Å². The molecule has 3 aromatic rings. The number of hydrogen-bond acceptors (Lipinski definition) is 6. The first-order chi connectivity index (χ1) is 14.4. The molecule has 156 valence electrons. The van der Waals surface area contributed by atoms with E-state index in [0.29, 0.717) is 33.9 Å². The summed E-state index contributed by atoms with van der Waals surface area (Å²) in [5, 5.41) is 20.3. The van der Waals surface area contributed by atoms with E-state index in [0.717, 1.165) is 11.3 Å². The predicted molar refractivity (Wildman–Crippen MR) is 118 cm³/mol. The standard InChI is InChI=1S/C21H21ClN4O3S/c1-4-10-29-19-9-8-16(12-18(19)22)20(13-25(27)28)30-21-24-23-15(3)26(21)17-7-5-6-14(2)11-17/h4-9,11-12,20H,1,10,13H2,2-3H3/t20-/m1/s1. The van der Waals surface area contributed by atoms with Gasteiger partial charge in [0.15, 0.2) is 5.16 Å². The molecular formula is C21H21ClN4O3S. The molecule has 0 aliphatic rings. The topological polar surface area (TPSA) is 83.1 Å². The van der Waals surface area contributed by atoms with Gasteiger partial charge < -0.3 is 4.74 Å². The molecule has 0 unspecified atom stereocenters. The average molecular weight is 445 g/mol. The molecule has 0 saturated heterocycles. The Hall–Kier alpha value is -2.84. The van der Waals surface area contributed by atoms with Gasteiger partial charge in [0.25, 0.3) is 0 Å². The lowest BCUT2D eigenvalue weighted by atomic mass is 10.1. The second kappa shape index (κ2) is 9.77. The fraction of sp³-hybridized carbons (Fsp3) is 0.238. The highest BCUT2D eigenvalue weighted by Gasteiger charge is 2.24. The second-order valence-electron chi connectivity index (χ2n) is 6.62. The number of nitro groups is 1. The first-order valence-corrected chi connectivity index (χ1v) is 10.5. The molecule has 0 aliphatic carbocycles. The van der Waals surface area contributed by atoms with E-state index in [-0.39, 0.29) is 11.5 Å². The van der Waals surface area contributed by atoms with Crippen molar-refractivity contribution in [3.63, 3.8) is 0 Å². The van der Waals surface area contributed by atoms with Crippen LogP contribution in [0, 0.1) is 24.0 Å². The van der Waals surface area contributed by atoms with Gasteiger partial charge in [-0.2, -0.15) is 0 Å². The summed E-state index contributed by atoms with van der Waals surface area (Å²) in [5.74, 6) is 1.21. The minimum Gasteiger partial charge on any atom is -0.488 e. The highest BCUT2D eigenvalue weighted by Crippen LogP contribution is 2.38. The van der Waals surface area contributed by atoms with Crippen molar-refractivity contribution >= 4 is 23.4 Å². The summed E-state index contributed by atoms with van der Waals surface area (Å²) in [6.45, 7) is 7.51. The highest BCUT2D eigenvalue weighted by molar-refractivity contribution is 7.99. The Morgan fingerprint density at radius 1 is 1.30 bits per heavy atom. The largest absolute Gasteiger partial charge is 0.488 e. The normalized spacial score (nSPS) is 11.8. The number of rotatable bonds is 9. The zero-order chi connectivity index (χ0) is 21.7. The summed E-state index contributed by atoms with van der Waals surface area (Å²) in [6, 6.07) is 13.1. The third-order valence-electron chi connectivity index (χ3n) is 4.30. The quantitative estimate of drug-likeness (QED) is 0.195. The average Bonchev–Trinajstić information content (AvgIpc) is 3.06. The maximum atomic E-state index is 11.4. The number of aromatic nitrogens is 3. The maximum absolute atomic E-state index is 11.4. The third-order valence-corrected chi connectivity index (χ3v) is 5.78. The van der Waals surface area contributed by atoms with Gasteiger partial charge in [0.1, 0.15) is 23.4 Å². The van der Waals surface area contributed by atoms with Gasteiger partial charge in [-0.3, -0.25) is 14.7 Å². The third kappa shape index (κ3) is 5.20. The summed E-state index contributed by atoms with van der Waals surface area (Å²) in [6.07, 6.45) is 1.62. The van der Waals surface area contributed by atoms with Gasteiger partial charge in [-0.05, 0) is 49.2 Å². The minimum atomic E-state index is -0.502. The van der Waals surface area contributed by atoms with E-state index >= 15 is 0 Å². The van der Waals surface area contributed by atoms with E-state index in [2.05, 4.69) is 16.8 Å². The van der Waals surface area contributed by atoms with E-state index in [1.54, 1.807) is 24.3 Å². The second-order valence-corrected chi connectivity index (χ2v) is 8.19. The molecule has 0 N–H and O–H groups in total. The maximum Gasteiger partial charge on any atom is 0.220 e. The van der Waals surface area contributed by atoms with Crippen molar-refractivity contribution in [2.45, 2.75) is 24.3 Å². The van der Waals surface area contributed by atoms with Gasteiger partial charge in [0.2, 0.25) is 6.54 Å². The molecule has 0 aliphatic heterocycles. The SMILES string of the molecule is C=CCOc1ccc([C@@H](C[N+](=O)[O-])Sc2nnc(C)n2-c2cccc(C)c2)cc1Cl. The van der Waals surface area contributed by atoms with E-state index in [1.807, 2.05) is 42.7 Å². The number of thioether (sulfide) groups is 1. The summed E-state index contributed by atoms with van der Waals surface area (Å²) < 4.78 is 7.39. The van der Waals surface area contributed by atoms with Gasteiger partial charge in [-0.1, -0.05) is 54.2 Å². The monoisotopic (exact) mass is 444 g/mol. The Balaban J connectivity index is 1.94. The van der Waals surface area contributed by atoms with Crippen LogP contribution in [0.4, 0.5) is 0 Å². The van der Waals surface area contributed by atoms with Crippen LogP contribution < -0.4 is 4.74 Å². The van der Waals surface area contributed by atoms with Crippen LogP contribution in [0.1, 0.15) is 22.2 Å². The molecule has 7 nitrogen and oxygen atoms in total. The number of aryl methyl sites for hydroxylation is 2. The zero-order valence-corrected chi connectivity index (χ0v) is 18.2. The van der Waals surface area contributed by atoms with Gasteiger partial charge in [-0.25, -0.2) is 0 Å². The number of hydrogen-bond donors (Lipinski definition) is 0. The number of nitrogens with zero attached hydrogens (tertiary/aromatic N) is 4. The Labute approximate surface area is 183 Å². The lowest BCUT2D eigenvalue weighted by molar-refractivity contribution is -0.479.